The van der Waals surface area contributed by atoms with Crippen molar-refractivity contribution in [1.82, 2.24) is 0 Å². The van der Waals surface area contributed by atoms with E-state index in [0.717, 1.165) is 27.9 Å². The molecule has 138 valence electrons. The van der Waals surface area contributed by atoms with Crippen LogP contribution in [0.15, 0.2) is 82.2 Å². The highest BCUT2D eigenvalue weighted by atomic mass is 35.5. The monoisotopic (exact) mass is 388 g/mol. The minimum absolute atomic E-state index is 0.281. The van der Waals surface area contributed by atoms with Crippen molar-refractivity contribution < 1.29 is 9.21 Å². The number of benzene rings is 3. The van der Waals surface area contributed by atoms with Crippen molar-refractivity contribution in [1.29, 1.82) is 0 Å². The topological polar surface area (TPSA) is 54.6 Å². The Hall–Kier alpha value is -3.37. The number of furan rings is 1. The zero-order valence-electron chi connectivity index (χ0n) is 15.1. The first kappa shape index (κ1) is 18.0. The predicted molar refractivity (Wildman–Crippen MR) is 114 cm³/mol. The van der Waals surface area contributed by atoms with E-state index in [1.54, 1.807) is 12.3 Å². The Balaban J connectivity index is 1.49. The summed E-state index contributed by atoms with van der Waals surface area (Å²) in [6.07, 6.45) is 1.78. The summed E-state index contributed by atoms with van der Waals surface area (Å²) in [5.41, 5.74) is 4.08. The highest BCUT2D eigenvalue weighted by Crippen LogP contribution is 2.24. The van der Waals surface area contributed by atoms with Crippen LogP contribution in [0.25, 0.3) is 11.0 Å². The van der Waals surface area contributed by atoms with Crippen LogP contribution in [-0.2, 0) is 0 Å². The number of carbonyl (C=O) groups excluding carboxylic acids is 1. The standard InChI is InChI=1S/C23H17ClN2O2/c1-15-12-19(25-14-16-6-8-18(24)9-7-16)10-11-20(15)26-23(27)22-13-17-4-2-3-5-21(17)28-22/h2-14H,1H3,(H,26,27). The SMILES string of the molecule is Cc1cc(N=Cc2ccc(Cl)cc2)ccc1NC(=O)c1cc2ccccc2o1. The lowest BCUT2D eigenvalue weighted by molar-refractivity contribution is 0.0998. The Labute approximate surface area is 167 Å². The maximum absolute atomic E-state index is 12.5. The Bertz CT molecular complexity index is 1140. The second-order valence-corrected chi connectivity index (χ2v) is 6.85. The summed E-state index contributed by atoms with van der Waals surface area (Å²) < 4.78 is 5.62. The molecule has 4 aromatic rings. The van der Waals surface area contributed by atoms with Crippen LogP contribution < -0.4 is 5.32 Å². The molecule has 0 bridgehead atoms. The van der Waals surface area contributed by atoms with Gasteiger partial charge < -0.3 is 9.73 Å². The fourth-order valence-electron chi connectivity index (χ4n) is 2.84. The van der Waals surface area contributed by atoms with Crippen molar-refractivity contribution in [2.24, 2.45) is 4.99 Å². The first-order chi connectivity index (χ1) is 13.6. The summed E-state index contributed by atoms with van der Waals surface area (Å²) in [6, 6.07) is 22.3. The summed E-state index contributed by atoms with van der Waals surface area (Å²) in [6.45, 7) is 1.93. The van der Waals surface area contributed by atoms with E-state index in [2.05, 4.69) is 10.3 Å². The summed E-state index contributed by atoms with van der Waals surface area (Å²) in [7, 11) is 0. The van der Waals surface area contributed by atoms with Crippen molar-refractivity contribution in [2.45, 2.75) is 6.92 Å². The smallest absolute Gasteiger partial charge is 0.291 e. The number of amides is 1. The molecule has 0 spiro atoms. The molecule has 0 aliphatic rings. The Morgan fingerprint density at radius 3 is 2.57 bits per heavy atom. The highest BCUT2D eigenvalue weighted by molar-refractivity contribution is 6.30. The van der Waals surface area contributed by atoms with Gasteiger partial charge >= 0.3 is 0 Å². The normalized spacial score (nSPS) is 11.2. The molecule has 0 fully saturated rings. The first-order valence-electron chi connectivity index (χ1n) is 8.79. The molecule has 4 nitrogen and oxygen atoms in total. The quantitative estimate of drug-likeness (QED) is 0.411. The molecule has 0 saturated heterocycles. The van der Waals surface area contributed by atoms with Gasteiger partial charge in [-0.05, 0) is 60.5 Å². The number of carbonyl (C=O) groups is 1. The Kier molecular flexibility index (Phi) is 4.96. The summed E-state index contributed by atoms with van der Waals surface area (Å²) in [5, 5.41) is 4.49. The van der Waals surface area contributed by atoms with E-state index in [4.69, 9.17) is 16.0 Å². The number of anilines is 1. The molecule has 0 unspecified atom stereocenters. The molecule has 4 rings (SSSR count). The third-order valence-corrected chi connectivity index (χ3v) is 4.59. The number of aryl methyl sites for hydroxylation is 1. The maximum Gasteiger partial charge on any atom is 0.291 e. The van der Waals surface area contributed by atoms with E-state index in [9.17, 15) is 4.79 Å². The van der Waals surface area contributed by atoms with Gasteiger partial charge in [0.1, 0.15) is 5.58 Å². The van der Waals surface area contributed by atoms with Gasteiger partial charge in [0, 0.05) is 22.3 Å². The van der Waals surface area contributed by atoms with Gasteiger partial charge in [0.15, 0.2) is 5.76 Å². The molecule has 3 aromatic carbocycles. The van der Waals surface area contributed by atoms with E-state index in [1.165, 1.54) is 0 Å². The number of nitrogens with zero attached hydrogens (tertiary/aromatic N) is 1. The fraction of sp³-hybridized carbons (Fsp3) is 0.0435. The zero-order chi connectivity index (χ0) is 19.5. The summed E-state index contributed by atoms with van der Waals surface area (Å²) >= 11 is 5.89. The molecule has 0 radical (unpaired) electrons. The van der Waals surface area contributed by atoms with E-state index in [0.29, 0.717) is 10.6 Å². The molecule has 28 heavy (non-hydrogen) atoms. The van der Waals surface area contributed by atoms with Crippen LogP contribution >= 0.6 is 11.6 Å². The van der Waals surface area contributed by atoms with Crippen LogP contribution in [0.2, 0.25) is 5.02 Å². The molecular weight excluding hydrogens is 372 g/mol. The van der Waals surface area contributed by atoms with Crippen molar-refractivity contribution in [3.05, 3.63) is 94.7 Å². The molecule has 1 N–H and O–H groups in total. The molecule has 0 aliphatic carbocycles. The Morgan fingerprint density at radius 2 is 1.82 bits per heavy atom. The minimum Gasteiger partial charge on any atom is -0.451 e. The van der Waals surface area contributed by atoms with Crippen LogP contribution in [-0.4, -0.2) is 12.1 Å². The molecule has 1 aromatic heterocycles. The number of para-hydroxylation sites is 1. The number of nitrogens with one attached hydrogen (secondary N) is 1. The van der Waals surface area contributed by atoms with Crippen molar-refractivity contribution in [2.75, 3.05) is 5.32 Å². The Morgan fingerprint density at radius 1 is 1.04 bits per heavy atom. The third-order valence-electron chi connectivity index (χ3n) is 4.34. The highest BCUT2D eigenvalue weighted by Gasteiger charge is 2.13. The van der Waals surface area contributed by atoms with Gasteiger partial charge in [-0.15, -0.1) is 0 Å². The van der Waals surface area contributed by atoms with Gasteiger partial charge in [-0.2, -0.15) is 0 Å². The van der Waals surface area contributed by atoms with Crippen molar-refractivity contribution in [3.8, 4) is 0 Å². The van der Waals surface area contributed by atoms with E-state index >= 15 is 0 Å². The molecule has 0 atom stereocenters. The lowest BCUT2D eigenvalue weighted by Gasteiger charge is -2.07. The van der Waals surface area contributed by atoms with E-state index < -0.39 is 0 Å². The third kappa shape index (κ3) is 3.97. The van der Waals surface area contributed by atoms with E-state index in [-0.39, 0.29) is 11.7 Å². The van der Waals surface area contributed by atoms with E-state index in [1.807, 2.05) is 73.7 Å². The second kappa shape index (κ2) is 7.71. The first-order valence-corrected chi connectivity index (χ1v) is 9.16. The van der Waals surface area contributed by atoms with Gasteiger partial charge in [0.05, 0.1) is 5.69 Å². The van der Waals surface area contributed by atoms with Gasteiger partial charge in [0.25, 0.3) is 5.91 Å². The largest absolute Gasteiger partial charge is 0.451 e. The number of aliphatic imine (C=N–C) groups is 1. The lowest BCUT2D eigenvalue weighted by Crippen LogP contribution is -2.11. The summed E-state index contributed by atoms with van der Waals surface area (Å²) in [4.78, 5) is 17.0. The molecule has 5 heteroatoms. The van der Waals surface area contributed by atoms with Gasteiger partial charge in [-0.25, -0.2) is 0 Å². The van der Waals surface area contributed by atoms with Crippen LogP contribution in [0.3, 0.4) is 0 Å². The fourth-order valence-corrected chi connectivity index (χ4v) is 2.97. The molecule has 1 amide bonds. The van der Waals surface area contributed by atoms with Crippen LogP contribution in [0.1, 0.15) is 21.7 Å². The molecule has 0 saturated carbocycles. The zero-order valence-corrected chi connectivity index (χ0v) is 15.9. The van der Waals surface area contributed by atoms with Crippen LogP contribution in [0.5, 0.6) is 0 Å². The van der Waals surface area contributed by atoms with Crippen molar-refractivity contribution >= 4 is 46.1 Å². The second-order valence-electron chi connectivity index (χ2n) is 6.41. The molecule has 1 heterocycles. The van der Waals surface area contributed by atoms with Gasteiger partial charge in [0.2, 0.25) is 0 Å². The van der Waals surface area contributed by atoms with Crippen molar-refractivity contribution in [3.63, 3.8) is 0 Å². The maximum atomic E-state index is 12.5. The van der Waals surface area contributed by atoms with Crippen LogP contribution in [0, 0.1) is 6.92 Å². The van der Waals surface area contributed by atoms with Gasteiger partial charge in [-0.1, -0.05) is 41.9 Å². The van der Waals surface area contributed by atoms with Crippen LogP contribution in [0.4, 0.5) is 11.4 Å². The number of hydrogen-bond donors (Lipinski definition) is 1. The average Bonchev–Trinajstić information content (AvgIpc) is 3.14. The number of rotatable bonds is 4. The number of hydrogen-bond acceptors (Lipinski definition) is 3. The minimum atomic E-state index is -0.281. The van der Waals surface area contributed by atoms with Gasteiger partial charge in [-0.3, -0.25) is 9.79 Å². The average molecular weight is 389 g/mol. The lowest BCUT2D eigenvalue weighted by atomic mass is 10.1. The molecule has 0 aliphatic heterocycles. The summed E-state index contributed by atoms with van der Waals surface area (Å²) in [5.74, 6) is 0.00199. The molecular formula is C23H17ClN2O2. The predicted octanol–water partition coefficient (Wildman–Crippen LogP) is 6.40. The number of fused-ring (bicyclic) bond motifs is 1. The number of halogens is 1.